The number of non-ortho nitro benzene ring substituents is 1. The number of nitrogens with zero attached hydrogens (tertiary/aromatic N) is 2. The van der Waals surface area contributed by atoms with Crippen molar-refractivity contribution in [3.8, 4) is 11.5 Å². The Morgan fingerprint density at radius 1 is 1.22 bits per heavy atom. The molecule has 1 fully saturated rings. The second-order valence-electron chi connectivity index (χ2n) is 7.14. The molecule has 6 heteroatoms. The minimum absolute atomic E-state index is 0.107. The fraction of sp³-hybridized carbons (Fsp3) is 0.429. The van der Waals surface area contributed by atoms with Crippen LogP contribution in [-0.4, -0.2) is 41.7 Å². The summed E-state index contributed by atoms with van der Waals surface area (Å²) in [7, 11) is 0. The predicted molar refractivity (Wildman–Crippen MR) is 105 cm³/mol. The summed E-state index contributed by atoms with van der Waals surface area (Å²) in [4.78, 5) is 12.9. The molecule has 1 aliphatic rings. The Kier molecular flexibility index (Phi) is 5.96. The highest BCUT2D eigenvalue weighted by molar-refractivity contribution is 5.44. The van der Waals surface area contributed by atoms with Crippen LogP contribution in [0, 0.1) is 10.1 Å². The quantitative estimate of drug-likeness (QED) is 0.517. The van der Waals surface area contributed by atoms with Crippen LogP contribution in [-0.2, 0) is 6.42 Å². The van der Waals surface area contributed by atoms with Crippen LogP contribution in [0.3, 0.4) is 0 Å². The summed E-state index contributed by atoms with van der Waals surface area (Å²) in [6.07, 6.45) is 1.61. The summed E-state index contributed by atoms with van der Waals surface area (Å²) in [5.41, 5.74) is 0.680. The molecule has 0 amide bonds. The zero-order valence-corrected chi connectivity index (χ0v) is 15.9. The summed E-state index contributed by atoms with van der Waals surface area (Å²) in [5.74, 6) is 1.63. The van der Waals surface area contributed by atoms with Crippen molar-refractivity contribution in [3.63, 3.8) is 0 Å². The molecular weight excluding hydrogens is 344 g/mol. The monoisotopic (exact) mass is 370 g/mol. The number of nitro benzene ring substituents is 1. The lowest BCUT2D eigenvalue weighted by Crippen LogP contribution is -2.37. The molecule has 0 bridgehead atoms. The average Bonchev–Trinajstić information content (AvgIpc) is 3.03. The molecule has 1 unspecified atom stereocenters. The minimum Gasteiger partial charge on any atom is -0.492 e. The normalized spacial score (nSPS) is 19.8. The highest BCUT2D eigenvalue weighted by Gasteiger charge is 2.36. The van der Waals surface area contributed by atoms with Gasteiger partial charge in [-0.15, -0.1) is 0 Å². The topological polar surface area (TPSA) is 64.8 Å². The average molecular weight is 370 g/mol. The second-order valence-corrected chi connectivity index (χ2v) is 7.14. The molecule has 144 valence electrons. The maximum atomic E-state index is 11.0. The molecule has 0 aliphatic carbocycles. The lowest BCUT2D eigenvalue weighted by molar-refractivity contribution is -0.384. The van der Waals surface area contributed by atoms with Crippen molar-refractivity contribution in [2.24, 2.45) is 0 Å². The molecule has 1 atom stereocenters. The summed E-state index contributed by atoms with van der Waals surface area (Å²) >= 11 is 0. The lowest BCUT2D eigenvalue weighted by Gasteiger charge is -2.27. The van der Waals surface area contributed by atoms with Gasteiger partial charge >= 0.3 is 0 Å². The van der Waals surface area contributed by atoms with Gasteiger partial charge in [0.1, 0.15) is 23.7 Å². The maximum absolute atomic E-state index is 11.0. The Hall–Kier alpha value is -2.60. The largest absolute Gasteiger partial charge is 0.492 e. The van der Waals surface area contributed by atoms with Crippen molar-refractivity contribution in [2.75, 3.05) is 26.2 Å². The summed E-state index contributed by atoms with van der Waals surface area (Å²) in [5, 5.41) is 11.0. The molecule has 2 aromatic rings. The van der Waals surface area contributed by atoms with E-state index in [9.17, 15) is 10.1 Å². The molecule has 0 aromatic heterocycles. The van der Waals surface area contributed by atoms with E-state index < -0.39 is 0 Å². The van der Waals surface area contributed by atoms with Gasteiger partial charge in [-0.3, -0.25) is 15.0 Å². The first kappa shape index (κ1) is 19.2. The van der Waals surface area contributed by atoms with Gasteiger partial charge in [-0.2, -0.15) is 0 Å². The Labute approximate surface area is 159 Å². The van der Waals surface area contributed by atoms with Gasteiger partial charge in [-0.25, -0.2) is 0 Å². The van der Waals surface area contributed by atoms with Crippen molar-refractivity contribution < 1.29 is 14.4 Å². The molecule has 0 spiro atoms. The molecule has 6 nitrogen and oxygen atoms in total. The van der Waals surface area contributed by atoms with Gasteiger partial charge < -0.3 is 9.47 Å². The Balaban J connectivity index is 1.56. The number of aryl methyl sites for hydroxylation is 1. The summed E-state index contributed by atoms with van der Waals surface area (Å²) in [6, 6.07) is 14.7. The van der Waals surface area contributed by atoms with Crippen LogP contribution in [0.2, 0.25) is 0 Å². The molecule has 3 rings (SSSR count). The van der Waals surface area contributed by atoms with Crippen LogP contribution in [0.5, 0.6) is 11.5 Å². The number of nitro groups is 1. The predicted octanol–water partition coefficient (Wildman–Crippen LogP) is 4.08. The van der Waals surface area contributed by atoms with E-state index in [0.717, 1.165) is 43.1 Å². The smallest absolute Gasteiger partial charge is 0.269 e. The second kappa shape index (κ2) is 8.39. The summed E-state index contributed by atoms with van der Waals surface area (Å²) < 4.78 is 12.1. The van der Waals surface area contributed by atoms with Gasteiger partial charge in [0, 0.05) is 43.8 Å². The van der Waals surface area contributed by atoms with Crippen molar-refractivity contribution in [3.05, 3.63) is 64.2 Å². The van der Waals surface area contributed by atoms with Crippen molar-refractivity contribution in [1.29, 1.82) is 0 Å². The number of para-hydroxylation sites is 1. The SMILES string of the molecule is CCc1cc([N+](=O)[O-])ccc1OC1(C)CCN(CCOc2ccccc2)C1. The third kappa shape index (κ3) is 4.98. The first-order chi connectivity index (χ1) is 13.0. The summed E-state index contributed by atoms with van der Waals surface area (Å²) in [6.45, 7) is 7.32. The Morgan fingerprint density at radius 2 is 2.00 bits per heavy atom. The lowest BCUT2D eigenvalue weighted by atomic mass is 10.1. The molecule has 1 saturated heterocycles. The van der Waals surface area contributed by atoms with Crippen molar-refractivity contribution in [2.45, 2.75) is 32.3 Å². The number of likely N-dealkylation sites (tertiary alicyclic amines) is 1. The van der Waals surface area contributed by atoms with Gasteiger partial charge in [-0.1, -0.05) is 25.1 Å². The number of benzene rings is 2. The molecular formula is C21H26N2O4. The van der Waals surface area contributed by atoms with Crippen LogP contribution in [0.15, 0.2) is 48.5 Å². The minimum atomic E-state index is -0.366. The zero-order chi connectivity index (χ0) is 19.3. The van der Waals surface area contributed by atoms with Gasteiger partial charge in [0.2, 0.25) is 0 Å². The third-order valence-electron chi connectivity index (χ3n) is 4.93. The van der Waals surface area contributed by atoms with E-state index in [1.54, 1.807) is 12.1 Å². The highest BCUT2D eigenvalue weighted by Crippen LogP contribution is 2.32. The van der Waals surface area contributed by atoms with E-state index in [2.05, 4.69) is 11.8 Å². The molecule has 1 heterocycles. The zero-order valence-electron chi connectivity index (χ0n) is 15.9. The van der Waals surface area contributed by atoms with E-state index in [1.165, 1.54) is 6.07 Å². The first-order valence-electron chi connectivity index (χ1n) is 9.35. The standard InChI is InChI=1S/C21H26N2O4/c1-3-17-15-18(23(24)25)9-10-20(17)27-21(2)11-12-22(16-21)13-14-26-19-7-5-4-6-8-19/h4-10,15H,3,11-14,16H2,1-2H3. The Morgan fingerprint density at radius 3 is 2.70 bits per heavy atom. The van der Waals surface area contributed by atoms with Crippen molar-refractivity contribution >= 4 is 5.69 Å². The van der Waals surface area contributed by atoms with E-state index in [0.29, 0.717) is 13.0 Å². The maximum Gasteiger partial charge on any atom is 0.269 e. The van der Waals surface area contributed by atoms with Gasteiger partial charge in [-0.05, 0) is 31.5 Å². The molecule has 2 aromatic carbocycles. The van der Waals surface area contributed by atoms with Crippen LogP contribution in [0.4, 0.5) is 5.69 Å². The highest BCUT2D eigenvalue weighted by atomic mass is 16.6. The number of rotatable bonds is 8. The van der Waals surface area contributed by atoms with Crippen LogP contribution < -0.4 is 9.47 Å². The number of ether oxygens (including phenoxy) is 2. The van der Waals surface area contributed by atoms with E-state index in [-0.39, 0.29) is 16.2 Å². The van der Waals surface area contributed by atoms with Gasteiger partial charge in [0.15, 0.2) is 0 Å². The third-order valence-corrected chi connectivity index (χ3v) is 4.93. The van der Waals surface area contributed by atoms with Crippen molar-refractivity contribution in [1.82, 2.24) is 4.90 Å². The first-order valence-corrected chi connectivity index (χ1v) is 9.35. The Bertz CT molecular complexity index is 781. The fourth-order valence-electron chi connectivity index (χ4n) is 3.43. The van der Waals surface area contributed by atoms with Gasteiger partial charge in [0.25, 0.3) is 5.69 Å². The fourth-order valence-corrected chi connectivity index (χ4v) is 3.43. The molecule has 1 aliphatic heterocycles. The molecule has 27 heavy (non-hydrogen) atoms. The van der Waals surface area contributed by atoms with Gasteiger partial charge in [0.05, 0.1) is 4.92 Å². The van der Waals surface area contributed by atoms with Crippen LogP contribution in [0.1, 0.15) is 25.8 Å². The van der Waals surface area contributed by atoms with Crippen LogP contribution >= 0.6 is 0 Å². The molecule has 0 N–H and O–H groups in total. The van der Waals surface area contributed by atoms with Crippen LogP contribution in [0.25, 0.3) is 0 Å². The molecule has 0 radical (unpaired) electrons. The van der Waals surface area contributed by atoms with E-state index >= 15 is 0 Å². The van der Waals surface area contributed by atoms with E-state index in [4.69, 9.17) is 9.47 Å². The number of hydrogen-bond donors (Lipinski definition) is 0. The van der Waals surface area contributed by atoms with E-state index in [1.807, 2.05) is 37.3 Å². The number of hydrogen-bond acceptors (Lipinski definition) is 5. The molecule has 0 saturated carbocycles.